The highest BCUT2D eigenvalue weighted by Crippen LogP contribution is 2.27. The van der Waals surface area contributed by atoms with Crippen LogP contribution in [0.3, 0.4) is 0 Å². The third kappa shape index (κ3) is 21.4. The summed E-state index contributed by atoms with van der Waals surface area (Å²) in [5.41, 5.74) is 4.12. The summed E-state index contributed by atoms with van der Waals surface area (Å²) in [5, 5.41) is 9.04. The number of carbonyl (C=O) groups excluding carboxylic acids is 5. The molecule has 0 radical (unpaired) electrons. The highest BCUT2D eigenvalue weighted by atomic mass is 19.4. The topological polar surface area (TPSA) is 156 Å². The van der Waals surface area contributed by atoms with Gasteiger partial charge in [-0.15, -0.1) is 0 Å². The predicted octanol–water partition coefficient (Wildman–Crippen LogP) is 7.52. The van der Waals surface area contributed by atoms with Crippen LogP contribution in [0, 0.1) is 0 Å². The lowest BCUT2D eigenvalue weighted by Crippen LogP contribution is -2.53. The van der Waals surface area contributed by atoms with Crippen molar-refractivity contribution in [2.75, 3.05) is 86.2 Å². The van der Waals surface area contributed by atoms with Crippen molar-refractivity contribution < 1.29 is 73.0 Å². The molecule has 15 nitrogen and oxygen atoms in total. The average Bonchev–Trinajstić information content (AvgIpc) is 4.24. The molecular formula is C61H77F9N8O7. The van der Waals surface area contributed by atoms with E-state index in [0.29, 0.717) is 45.2 Å². The Bertz CT molecular complexity index is 2550. The quantitative estimate of drug-likeness (QED) is 0.0511. The van der Waals surface area contributed by atoms with E-state index in [4.69, 9.17) is 9.47 Å². The SMILES string of the molecule is CN[C@@H](COCc1ccc(COC[C@H](NC)C(=O)N2CCC[C@H]2CN(CCc2ccccc2)C(=O)C(F)(F)F)cc1)C(=O)N1CCC[C@H]1CN(CCc1ccccc1)C(=O)C(F)(F)F.O=C(N(CCc1ccccc1)C[C@@H]1CCCN1)C(F)(F)F. The summed E-state index contributed by atoms with van der Waals surface area (Å²) in [4.78, 5) is 69.3. The average molecular weight is 1210 g/mol. The molecule has 85 heavy (non-hydrogen) atoms. The number of alkyl halides is 9. The van der Waals surface area contributed by atoms with Gasteiger partial charge in [-0.2, -0.15) is 39.5 Å². The Labute approximate surface area is 490 Å². The monoisotopic (exact) mass is 1200 g/mol. The number of ether oxygens (including phenoxy) is 2. The maximum absolute atomic E-state index is 13.6. The number of rotatable bonds is 27. The molecule has 3 saturated heterocycles. The fourth-order valence-electron chi connectivity index (χ4n) is 10.7. The minimum Gasteiger partial charge on any atom is -0.375 e. The Morgan fingerprint density at radius 3 is 1.14 bits per heavy atom. The maximum atomic E-state index is 13.6. The Kier molecular flexibility index (Phi) is 26.0. The molecule has 3 fully saturated rings. The lowest BCUT2D eigenvalue weighted by molar-refractivity contribution is -0.186. The van der Waals surface area contributed by atoms with Crippen LogP contribution in [0.2, 0.25) is 0 Å². The van der Waals surface area contributed by atoms with Gasteiger partial charge in [-0.1, -0.05) is 115 Å². The van der Waals surface area contributed by atoms with Gasteiger partial charge in [-0.05, 0) is 106 Å². The van der Waals surface area contributed by atoms with Crippen LogP contribution < -0.4 is 16.0 Å². The Morgan fingerprint density at radius 2 is 0.835 bits per heavy atom. The van der Waals surface area contributed by atoms with Gasteiger partial charge in [0.2, 0.25) is 11.8 Å². The van der Waals surface area contributed by atoms with E-state index in [9.17, 15) is 63.5 Å². The van der Waals surface area contributed by atoms with Crippen molar-refractivity contribution in [3.05, 3.63) is 143 Å². The van der Waals surface area contributed by atoms with Gasteiger partial charge in [-0.3, -0.25) is 24.0 Å². The zero-order valence-electron chi connectivity index (χ0n) is 47.9. The van der Waals surface area contributed by atoms with Gasteiger partial charge in [0.15, 0.2) is 0 Å². The van der Waals surface area contributed by atoms with E-state index in [1.54, 1.807) is 74.8 Å². The molecule has 0 bridgehead atoms. The molecule has 0 aliphatic carbocycles. The van der Waals surface area contributed by atoms with E-state index in [0.717, 1.165) is 61.9 Å². The molecule has 0 unspecified atom stereocenters. The summed E-state index contributed by atoms with van der Waals surface area (Å²) in [6, 6.07) is 31.7. The minimum absolute atomic E-state index is 0.00964. The third-order valence-corrected chi connectivity index (χ3v) is 15.3. The molecule has 4 aromatic carbocycles. The lowest BCUT2D eigenvalue weighted by Gasteiger charge is -2.33. The molecule has 3 aliphatic rings. The van der Waals surface area contributed by atoms with Crippen molar-refractivity contribution in [1.29, 1.82) is 0 Å². The molecule has 0 spiro atoms. The number of amides is 5. The van der Waals surface area contributed by atoms with Crippen LogP contribution in [0.25, 0.3) is 0 Å². The molecule has 5 amide bonds. The van der Waals surface area contributed by atoms with Gasteiger partial charge in [0.05, 0.1) is 26.4 Å². The smallest absolute Gasteiger partial charge is 0.375 e. The van der Waals surface area contributed by atoms with Crippen molar-refractivity contribution in [3.8, 4) is 0 Å². The van der Waals surface area contributed by atoms with Crippen molar-refractivity contribution >= 4 is 29.5 Å². The Hall–Kier alpha value is -6.60. The third-order valence-electron chi connectivity index (χ3n) is 15.3. The zero-order chi connectivity index (χ0) is 61.6. The lowest BCUT2D eigenvalue weighted by atomic mass is 10.1. The second-order valence-electron chi connectivity index (χ2n) is 21.4. The number of likely N-dealkylation sites (N-methyl/N-ethyl adjacent to an activating group) is 2. The molecule has 0 aromatic heterocycles. The van der Waals surface area contributed by atoms with Crippen LogP contribution in [0.15, 0.2) is 115 Å². The first kappa shape index (κ1) is 67.5. The van der Waals surface area contributed by atoms with Crippen LogP contribution >= 0.6 is 0 Å². The van der Waals surface area contributed by atoms with E-state index in [1.807, 2.05) is 54.6 Å². The molecule has 3 N–H and O–H groups in total. The van der Waals surface area contributed by atoms with Crippen molar-refractivity contribution in [1.82, 2.24) is 40.4 Å². The van der Waals surface area contributed by atoms with Gasteiger partial charge in [0, 0.05) is 70.5 Å². The number of likely N-dealkylation sites (tertiary alicyclic amines) is 2. The van der Waals surface area contributed by atoms with Gasteiger partial charge in [-0.25, -0.2) is 0 Å². The predicted molar refractivity (Wildman–Crippen MR) is 300 cm³/mol. The summed E-state index contributed by atoms with van der Waals surface area (Å²) in [7, 11) is 3.20. The summed E-state index contributed by atoms with van der Waals surface area (Å²) in [6.45, 7) is 1.26. The number of halogens is 9. The minimum atomic E-state index is -5.04. The largest absolute Gasteiger partial charge is 0.471 e. The van der Waals surface area contributed by atoms with Crippen molar-refractivity contribution in [2.24, 2.45) is 0 Å². The number of benzene rings is 4. The van der Waals surface area contributed by atoms with E-state index in [1.165, 1.54) is 9.80 Å². The fraction of sp³-hybridized carbons (Fsp3) is 0.525. The van der Waals surface area contributed by atoms with Crippen molar-refractivity contribution in [3.63, 3.8) is 0 Å². The number of nitrogens with zero attached hydrogens (tertiary/aromatic N) is 5. The van der Waals surface area contributed by atoms with Crippen LogP contribution in [0.1, 0.15) is 66.3 Å². The molecule has 466 valence electrons. The molecule has 4 aromatic rings. The number of carbonyl (C=O) groups is 5. The van der Waals surface area contributed by atoms with Crippen LogP contribution in [0.4, 0.5) is 39.5 Å². The second-order valence-corrected chi connectivity index (χ2v) is 21.4. The van der Waals surface area contributed by atoms with Gasteiger partial charge < -0.3 is 49.9 Å². The number of nitrogens with one attached hydrogen (secondary N) is 3. The summed E-state index contributed by atoms with van der Waals surface area (Å²) >= 11 is 0. The normalized spacial score (nSPS) is 17.9. The van der Waals surface area contributed by atoms with Gasteiger partial charge in [0.25, 0.3) is 0 Å². The summed E-state index contributed by atoms with van der Waals surface area (Å²) < 4.78 is 131. The standard InChI is InChI=1S/C46H58F6N6O6.C15H19F3N2O/c1-53-39(41(59)57-23-9-15-37(57)27-55(43(61)45(47,48)49)25-21-33-11-5-3-6-12-33)31-63-29-35-17-19-36(20-18-35)30-64-32-40(54-2)42(60)58-24-10-16-38(58)28-56(44(62)46(50,51)52)26-22-34-13-7-4-8-14-34;16-15(17,18)14(21)20(11-13-7-4-9-19-13)10-8-12-5-2-1-3-6-12/h3-8,11-14,17-20,37-40,53-54H,9-10,15-16,21-32H2,1-2H3;1-3,5-6,13,19H,4,7-11H2/t37-,38-,39-,40-;13-/m00/s1. The molecule has 3 heterocycles. The maximum Gasteiger partial charge on any atom is 0.471 e. The molecule has 5 atom stereocenters. The van der Waals surface area contributed by atoms with E-state index in [-0.39, 0.29) is 96.4 Å². The van der Waals surface area contributed by atoms with E-state index < -0.39 is 60.4 Å². The second kappa shape index (κ2) is 32.8. The summed E-state index contributed by atoms with van der Waals surface area (Å²) in [5.74, 6) is -6.25. The molecule has 0 saturated carbocycles. The van der Waals surface area contributed by atoms with E-state index in [2.05, 4.69) is 16.0 Å². The van der Waals surface area contributed by atoms with Gasteiger partial charge in [0.1, 0.15) is 12.1 Å². The first-order valence-corrected chi connectivity index (χ1v) is 28.7. The molecule has 3 aliphatic heterocycles. The number of hydrogen-bond acceptors (Lipinski definition) is 10. The first-order chi connectivity index (χ1) is 40.5. The Balaban J connectivity index is 0.000000461. The summed E-state index contributed by atoms with van der Waals surface area (Å²) in [6.07, 6.45) is -10.1. The van der Waals surface area contributed by atoms with Crippen LogP contribution in [-0.4, -0.2) is 189 Å². The van der Waals surface area contributed by atoms with Crippen LogP contribution in [-0.2, 0) is 65.9 Å². The molecule has 7 rings (SSSR count). The number of hydrogen-bond donors (Lipinski definition) is 3. The Morgan fingerprint density at radius 1 is 0.494 bits per heavy atom. The highest BCUT2D eigenvalue weighted by Gasteiger charge is 2.46. The zero-order valence-corrected chi connectivity index (χ0v) is 47.9. The first-order valence-electron chi connectivity index (χ1n) is 28.7. The van der Waals surface area contributed by atoms with E-state index >= 15 is 0 Å². The van der Waals surface area contributed by atoms with Crippen LogP contribution in [0.5, 0.6) is 0 Å². The molecular weight excluding hydrogens is 1130 g/mol. The fourth-order valence-corrected chi connectivity index (χ4v) is 10.7. The van der Waals surface area contributed by atoms with Crippen molar-refractivity contribution in [2.45, 2.75) is 120 Å². The molecule has 24 heteroatoms. The highest BCUT2D eigenvalue weighted by molar-refractivity contribution is 5.85. The van der Waals surface area contributed by atoms with Gasteiger partial charge >= 0.3 is 36.3 Å².